The van der Waals surface area contributed by atoms with Gasteiger partial charge in [0.15, 0.2) is 0 Å². The summed E-state index contributed by atoms with van der Waals surface area (Å²) in [5, 5.41) is 8.63. The summed E-state index contributed by atoms with van der Waals surface area (Å²) in [6.45, 7) is 2.06. The fourth-order valence-corrected chi connectivity index (χ4v) is 3.41. The van der Waals surface area contributed by atoms with Crippen molar-refractivity contribution >= 4 is 34.0 Å². The normalized spacial score (nSPS) is 16.9. The predicted molar refractivity (Wildman–Crippen MR) is 79.4 cm³/mol. The molecule has 1 saturated heterocycles. The van der Waals surface area contributed by atoms with Gasteiger partial charge in [-0.3, -0.25) is 0 Å². The first kappa shape index (κ1) is 16.7. The molecule has 0 unspecified atom stereocenters. The highest BCUT2D eigenvalue weighted by molar-refractivity contribution is 7.89. The van der Waals surface area contributed by atoms with Crippen LogP contribution in [0.1, 0.15) is 18.4 Å². The lowest BCUT2D eigenvalue weighted by Crippen LogP contribution is -2.28. The Kier molecular flexibility index (Phi) is 6.08. The largest absolute Gasteiger partial charge is 0.317 e. The van der Waals surface area contributed by atoms with E-state index in [0.29, 0.717) is 5.92 Å². The maximum atomic E-state index is 11.4. The Morgan fingerprint density at radius 2 is 1.95 bits per heavy atom. The molecule has 0 aromatic heterocycles. The Labute approximate surface area is 125 Å². The van der Waals surface area contributed by atoms with E-state index in [9.17, 15) is 8.42 Å². The molecule has 0 amide bonds. The monoisotopic (exact) mass is 324 g/mol. The van der Waals surface area contributed by atoms with Gasteiger partial charge in [0.1, 0.15) is 4.90 Å². The molecule has 0 atom stereocenters. The van der Waals surface area contributed by atoms with Gasteiger partial charge in [-0.15, -0.1) is 12.4 Å². The predicted octanol–water partition coefficient (Wildman–Crippen LogP) is 1.95. The van der Waals surface area contributed by atoms with Gasteiger partial charge >= 0.3 is 0 Å². The molecular formula is C12H18Cl2N2O2S. The molecule has 1 aliphatic heterocycles. The Balaban J connectivity index is 0.00000180. The number of nitrogens with one attached hydrogen (secondary N) is 1. The molecule has 1 aromatic carbocycles. The molecule has 3 N–H and O–H groups in total. The van der Waals surface area contributed by atoms with Crippen molar-refractivity contribution in [3.63, 3.8) is 0 Å². The molecule has 2 rings (SSSR count). The van der Waals surface area contributed by atoms with Crippen LogP contribution in [0.5, 0.6) is 0 Å². The van der Waals surface area contributed by atoms with E-state index in [4.69, 9.17) is 16.7 Å². The first-order valence-electron chi connectivity index (χ1n) is 5.99. The van der Waals surface area contributed by atoms with E-state index in [-0.39, 0.29) is 22.3 Å². The third-order valence-electron chi connectivity index (χ3n) is 3.29. The molecule has 0 aliphatic carbocycles. The van der Waals surface area contributed by atoms with Gasteiger partial charge in [0, 0.05) is 0 Å². The molecule has 108 valence electrons. The highest BCUT2D eigenvalue weighted by Crippen LogP contribution is 2.24. The number of benzene rings is 1. The van der Waals surface area contributed by atoms with Crippen LogP contribution in [0.4, 0.5) is 0 Å². The van der Waals surface area contributed by atoms with Crippen LogP contribution < -0.4 is 10.5 Å². The number of hydrogen-bond donors (Lipinski definition) is 2. The van der Waals surface area contributed by atoms with Crippen LogP contribution in [0, 0.1) is 5.92 Å². The first-order chi connectivity index (χ1) is 8.47. The minimum absolute atomic E-state index is 0. The summed E-state index contributed by atoms with van der Waals surface area (Å²) in [4.78, 5) is 0.0237. The maximum absolute atomic E-state index is 11.4. The van der Waals surface area contributed by atoms with Crippen LogP contribution in [0.25, 0.3) is 0 Å². The average molecular weight is 325 g/mol. The lowest BCUT2D eigenvalue weighted by Gasteiger charge is -2.22. The van der Waals surface area contributed by atoms with E-state index < -0.39 is 10.0 Å². The van der Waals surface area contributed by atoms with Crippen molar-refractivity contribution in [1.29, 1.82) is 0 Å². The summed E-state index contributed by atoms with van der Waals surface area (Å²) in [5.41, 5.74) is 0.982. The fourth-order valence-electron chi connectivity index (χ4n) is 2.31. The van der Waals surface area contributed by atoms with Crippen molar-refractivity contribution in [1.82, 2.24) is 5.32 Å². The molecule has 7 heteroatoms. The second-order valence-corrected chi connectivity index (χ2v) is 6.64. The second kappa shape index (κ2) is 6.90. The molecule has 0 spiro atoms. The van der Waals surface area contributed by atoms with E-state index in [1.54, 1.807) is 12.1 Å². The van der Waals surface area contributed by atoms with Crippen molar-refractivity contribution in [2.24, 2.45) is 11.1 Å². The number of sulfonamides is 1. The Morgan fingerprint density at radius 1 is 1.32 bits per heavy atom. The molecule has 1 aliphatic rings. The van der Waals surface area contributed by atoms with E-state index in [1.807, 2.05) is 6.07 Å². The lowest BCUT2D eigenvalue weighted by molar-refractivity contribution is 0.372. The van der Waals surface area contributed by atoms with E-state index in [2.05, 4.69) is 5.32 Å². The summed E-state index contributed by atoms with van der Waals surface area (Å²) in [6, 6.07) is 5.08. The van der Waals surface area contributed by atoms with E-state index in [0.717, 1.165) is 37.9 Å². The van der Waals surface area contributed by atoms with Crippen LogP contribution in [0.2, 0.25) is 5.02 Å². The molecule has 0 radical (unpaired) electrons. The van der Waals surface area contributed by atoms with Gasteiger partial charge < -0.3 is 5.32 Å². The van der Waals surface area contributed by atoms with Gasteiger partial charge in [-0.25, -0.2) is 13.6 Å². The third kappa shape index (κ3) is 4.61. The van der Waals surface area contributed by atoms with E-state index in [1.165, 1.54) is 0 Å². The van der Waals surface area contributed by atoms with Crippen LogP contribution >= 0.6 is 24.0 Å². The van der Waals surface area contributed by atoms with Gasteiger partial charge in [0.05, 0.1) is 5.02 Å². The quantitative estimate of drug-likeness (QED) is 0.892. The zero-order valence-electron chi connectivity index (χ0n) is 10.4. The minimum Gasteiger partial charge on any atom is -0.317 e. The van der Waals surface area contributed by atoms with Gasteiger partial charge in [-0.2, -0.15) is 0 Å². The molecule has 0 saturated carbocycles. The minimum atomic E-state index is -3.74. The van der Waals surface area contributed by atoms with Gasteiger partial charge in [0.2, 0.25) is 10.0 Å². The van der Waals surface area contributed by atoms with Crippen LogP contribution in [-0.2, 0) is 16.4 Å². The Bertz CT molecular complexity index is 529. The third-order valence-corrected chi connectivity index (χ3v) is 4.68. The SMILES string of the molecule is Cl.NS(=O)(=O)c1cc(CC2CCNCC2)ccc1Cl. The second-order valence-electron chi connectivity index (χ2n) is 4.71. The summed E-state index contributed by atoms with van der Waals surface area (Å²) >= 11 is 5.85. The standard InChI is InChI=1S/C12H17ClN2O2S.ClH/c13-11-2-1-10(8-12(11)18(14,16)17)7-9-3-5-15-6-4-9;/h1-2,8-9,15H,3-7H2,(H2,14,16,17);1H. The number of primary sulfonamides is 1. The van der Waals surface area contributed by atoms with Crippen molar-refractivity contribution in [3.8, 4) is 0 Å². The van der Waals surface area contributed by atoms with Crippen molar-refractivity contribution in [2.75, 3.05) is 13.1 Å². The molecular weight excluding hydrogens is 307 g/mol. The average Bonchev–Trinajstić information content (AvgIpc) is 2.31. The Hall–Kier alpha value is -0.330. The summed E-state index contributed by atoms with van der Waals surface area (Å²) < 4.78 is 22.8. The van der Waals surface area contributed by atoms with Gasteiger partial charge in [-0.05, 0) is 56.0 Å². The van der Waals surface area contributed by atoms with E-state index >= 15 is 0 Å². The molecule has 19 heavy (non-hydrogen) atoms. The number of halogens is 2. The van der Waals surface area contributed by atoms with Gasteiger partial charge in [0.25, 0.3) is 0 Å². The smallest absolute Gasteiger partial charge is 0.239 e. The maximum Gasteiger partial charge on any atom is 0.239 e. The van der Waals surface area contributed by atoms with Crippen LogP contribution in [0.15, 0.2) is 23.1 Å². The molecule has 1 aromatic rings. The summed E-state index contributed by atoms with van der Waals surface area (Å²) in [6.07, 6.45) is 3.11. The molecule has 0 bridgehead atoms. The first-order valence-corrected chi connectivity index (χ1v) is 7.91. The number of piperidine rings is 1. The van der Waals surface area contributed by atoms with Gasteiger partial charge in [-0.1, -0.05) is 17.7 Å². The van der Waals surface area contributed by atoms with Crippen LogP contribution in [0.3, 0.4) is 0 Å². The van der Waals surface area contributed by atoms with Crippen LogP contribution in [-0.4, -0.2) is 21.5 Å². The number of rotatable bonds is 3. The van der Waals surface area contributed by atoms with Crippen molar-refractivity contribution in [2.45, 2.75) is 24.2 Å². The van der Waals surface area contributed by atoms with Crippen molar-refractivity contribution in [3.05, 3.63) is 28.8 Å². The summed E-state index contributed by atoms with van der Waals surface area (Å²) in [5.74, 6) is 0.598. The zero-order valence-corrected chi connectivity index (χ0v) is 12.8. The van der Waals surface area contributed by atoms with Crippen molar-refractivity contribution < 1.29 is 8.42 Å². The fraction of sp³-hybridized carbons (Fsp3) is 0.500. The number of hydrogen-bond acceptors (Lipinski definition) is 3. The Morgan fingerprint density at radius 3 is 2.53 bits per heavy atom. The highest BCUT2D eigenvalue weighted by Gasteiger charge is 2.17. The topological polar surface area (TPSA) is 72.2 Å². The number of nitrogens with two attached hydrogens (primary N) is 1. The summed E-state index contributed by atoms with van der Waals surface area (Å²) in [7, 11) is -3.74. The molecule has 1 heterocycles. The lowest BCUT2D eigenvalue weighted by atomic mass is 9.91. The molecule has 1 fully saturated rings. The molecule has 4 nitrogen and oxygen atoms in total. The zero-order chi connectivity index (χ0) is 13.2. The highest BCUT2D eigenvalue weighted by atomic mass is 35.5.